The number of hydrogen-bond donors (Lipinski definition) is 1. The Bertz CT molecular complexity index is 675. The summed E-state index contributed by atoms with van der Waals surface area (Å²) in [4.78, 5) is 24.1. The molecular formula is C19H21NO3. The second-order valence-electron chi connectivity index (χ2n) is 5.45. The maximum Gasteiger partial charge on any atom is 0.338 e. The molecule has 4 heteroatoms. The number of carbonyl (C=O) groups is 2. The van der Waals surface area contributed by atoms with Gasteiger partial charge in [0.2, 0.25) is 0 Å². The number of aryl methyl sites for hydroxylation is 2. The Morgan fingerprint density at radius 1 is 1.04 bits per heavy atom. The van der Waals surface area contributed by atoms with Crippen molar-refractivity contribution in [1.29, 1.82) is 0 Å². The molecule has 0 bridgehead atoms. The SMILES string of the molecule is CCc1ccc(NC(=O)[C@H](C)OC(=O)c2ccc(C)cc2)cc1. The Morgan fingerprint density at radius 3 is 2.22 bits per heavy atom. The molecule has 0 heterocycles. The number of hydrogen-bond acceptors (Lipinski definition) is 3. The van der Waals surface area contributed by atoms with Crippen molar-refractivity contribution in [2.75, 3.05) is 5.32 Å². The quantitative estimate of drug-likeness (QED) is 0.856. The van der Waals surface area contributed by atoms with Crippen LogP contribution in [0.1, 0.15) is 35.3 Å². The number of anilines is 1. The number of benzene rings is 2. The highest BCUT2D eigenvalue weighted by molar-refractivity contribution is 5.97. The molecule has 0 aliphatic carbocycles. The van der Waals surface area contributed by atoms with Crippen LogP contribution in [0, 0.1) is 6.92 Å². The summed E-state index contributed by atoms with van der Waals surface area (Å²) in [5.74, 6) is -0.858. The van der Waals surface area contributed by atoms with Crippen molar-refractivity contribution < 1.29 is 14.3 Å². The van der Waals surface area contributed by atoms with Gasteiger partial charge in [-0.2, -0.15) is 0 Å². The van der Waals surface area contributed by atoms with Crippen LogP contribution >= 0.6 is 0 Å². The average molecular weight is 311 g/mol. The van der Waals surface area contributed by atoms with Crippen LogP contribution in [0.4, 0.5) is 5.69 Å². The van der Waals surface area contributed by atoms with E-state index in [1.54, 1.807) is 19.1 Å². The molecule has 1 N–H and O–H groups in total. The molecule has 0 fully saturated rings. The van der Waals surface area contributed by atoms with Gasteiger partial charge in [-0.3, -0.25) is 4.79 Å². The van der Waals surface area contributed by atoms with Gasteiger partial charge < -0.3 is 10.1 Å². The van der Waals surface area contributed by atoms with E-state index in [4.69, 9.17) is 4.74 Å². The van der Waals surface area contributed by atoms with Gasteiger partial charge in [-0.25, -0.2) is 4.79 Å². The van der Waals surface area contributed by atoms with Crippen LogP contribution in [0.25, 0.3) is 0 Å². The van der Waals surface area contributed by atoms with Crippen molar-refractivity contribution in [2.24, 2.45) is 0 Å². The van der Waals surface area contributed by atoms with Crippen LogP contribution in [0.3, 0.4) is 0 Å². The molecule has 0 aliphatic heterocycles. The van der Waals surface area contributed by atoms with Crippen LogP contribution in [0.5, 0.6) is 0 Å². The van der Waals surface area contributed by atoms with Crippen LogP contribution in [0.15, 0.2) is 48.5 Å². The maximum atomic E-state index is 12.1. The fourth-order valence-electron chi connectivity index (χ4n) is 2.04. The molecule has 1 atom stereocenters. The molecule has 0 unspecified atom stereocenters. The number of amides is 1. The summed E-state index contributed by atoms with van der Waals surface area (Å²) in [5.41, 5.74) is 3.37. The van der Waals surface area contributed by atoms with Gasteiger partial charge >= 0.3 is 5.97 Å². The van der Waals surface area contributed by atoms with Crippen molar-refractivity contribution in [3.63, 3.8) is 0 Å². The predicted octanol–water partition coefficient (Wildman–Crippen LogP) is 3.74. The first kappa shape index (κ1) is 16.7. The Morgan fingerprint density at radius 2 is 1.65 bits per heavy atom. The molecule has 0 radical (unpaired) electrons. The van der Waals surface area contributed by atoms with Crippen LogP contribution in [-0.4, -0.2) is 18.0 Å². The zero-order chi connectivity index (χ0) is 16.8. The monoisotopic (exact) mass is 311 g/mol. The molecule has 2 rings (SSSR count). The van der Waals surface area contributed by atoms with Crippen LogP contribution in [-0.2, 0) is 16.0 Å². The average Bonchev–Trinajstić information content (AvgIpc) is 2.56. The summed E-state index contributed by atoms with van der Waals surface area (Å²) in [6.07, 6.45) is 0.0772. The Kier molecular flexibility index (Phi) is 5.52. The third-order valence-electron chi connectivity index (χ3n) is 3.57. The van der Waals surface area contributed by atoms with Gasteiger partial charge in [0.15, 0.2) is 6.10 Å². The van der Waals surface area contributed by atoms with Gasteiger partial charge in [0.25, 0.3) is 5.91 Å². The lowest BCUT2D eigenvalue weighted by Crippen LogP contribution is -2.30. The van der Waals surface area contributed by atoms with E-state index in [2.05, 4.69) is 12.2 Å². The minimum absolute atomic E-state index is 0.352. The lowest BCUT2D eigenvalue weighted by Gasteiger charge is -2.14. The number of ether oxygens (including phenoxy) is 1. The fourth-order valence-corrected chi connectivity index (χ4v) is 2.04. The lowest BCUT2D eigenvalue weighted by molar-refractivity contribution is -0.123. The van der Waals surface area contributed by atoms with E-state index in [0.29, 0.717) is 11.3 Å². The zero-order valence-corrected chi connectivity index (χ0v) is 13.6. The summed E-state index contributed by atoms with van der Waals surface area (Å²) < 4.78 is 5.20. The predicted molar refractivity (Wildman–Crippen MR) is 90.5 cm³/mol. The third-order valence-corrected chi connectivity index (χ3v) is 3.57. The molecule has 1 amide bonds. The van der Waals surface area contributed by atoms with E-state index < -0.39 is 12.1 Å². The smallest absolute Gasteiger partial charge is 0.338 e. The molecule has 2 aromatic rings. The Balaban J connectivity index is 1.93. The highest BCUT2D eigenvalue weighted by atomic mass is 16.5. The summed E-state index contributed by atoms with van der Waals surface area (Å²) in [5, 5.41) is 2.74. The number of carbonyl (C=O) groups excluding carboxylic acids is 2. The number of nitrogens with one attached hydrogen (secondary N) is 1. The molecule has 2 aromatic carbocycles. The van der Waals surface area contributed by atoms with Crippen LogP contribution < -0.4 is 5.32 Å². The minimum Gasteiger partial charge on any atom is -0.449 e. The van der Waals surface area contributed by atoms with E-state index in [1.165, 1.54) is 5.56 Å². The first-order valence-corrected chi connectivity index (χ1v) is 7.67. The van der Waals surface area contributed by atoms with E-state index >= 15 is 0 Å². The zero-order valence-electron chi connectivity index (χ0n) is 13.6. The standard InChI is InChI=1S/C19H21NO3/c1-4-15-7-11-17(12-8-15)20-18(21)14(3)23-19(22)16-9-5-13(2)6-10-16/h5-12,14H,4H2,1-3H3,(H,20,21)/t14-/m0/s1. The fraction of sp³-hybridized carbons (Fsp3) is 0.263. The van der Waals surface area contributed by atoms with E-state index in [-0.39, 0.29) is 5.91 Å². The van der Waals surface area contributed by atoms with E-state index in [1.807, 2.05) is 43.3 Å². The highest BCUT2D eigenvalue weighted by Crippen LogP contribution is 2.12. The van der Waals surface area contributed by atoms with Gasteiger partial charge in [0.05, 0.1) is 5.56 Å². The van der Waals surface area contributed by atoms with Crippen molar-refractivity contribution in [2.45, 2.75) is 33.3 Å². The van der Waals surface area contributed by atoms with E-state index in [9.17, 15) is 9.59 Å². The molecule has 0 spiro atoms. The van der Waals surface area contributed by atoms with Crippen molar-refractivity contribution in [3.05, 3.63) is 65.2 Å². The number of esters is 1. The summed E-state index contributed by atoms with van der Waals surface area (Å²) in [7, 11) is 0. The van der Waals surface area contributed by atoms with Gasteiger partial charge in [0, 0.05) is 5.69 Å². The molecule has 0 aliphatic rings. The molecule has 0 saturated heterocycles. The van der Waals surface area contributed by atoms with E-state index in [0.717, 1.165) is 12.0 Å². The van der Waals surface area contributed by atoms with Gasteiger partial charge in [-0.15, -0.1) is 0 Å². The molecule has 4 nitrogen and oxygen atoms in total. The largest absolute Gasteiger partial charge is 0.449 e. The number of rotatable bonds is 5. The van der Waals surface area contributed by atoms with Gasteiger partial charge in [-0.1, -0.05) is 36.8 Å². The molecule has 120 valence electrons. The maximum absolute atomic E-state index is 12.1. The first-order chi connectivity index (χ1) is 11.0. The summed E-state index contributed by atoms with van der Waals surface area (Å²) in [6.45, 7) is 5.57. The molecule has 23 heavy (non-hydrogen) atoms. The Labute approximate surface area is 136 Å². The third kappa shape index (κ3) is 4.68. The Hall–Kier alpha value is -2.62. The highest BCUT2D eigenvalue weighted by Gasteiger charge is 2.18. The normalized spacial score (nSPS) is 11.6. The molecular weight excluding hydrogens is 290 g/mol. The topological polar surface area (TPSA) is 55.4 Å². The second kappa shape index (κ2) is 7.58. The first-order valence-electron chi connectivity index (χ1n) is 7.67. The molecule has 0 aromatic heterocycles. The van der Waals surface area contributed by atoms with Crippen molar-refractivity contribution in [3.8, 4) is 0 Å². The minimum atomic E-state index is -0.866. The summed E-state index contributed by atoms with van der Waals surface area (Å²) in [6, 6.07) is 14.6. The van der Waals surface area contributed by atoms with Gasteiger partial charge in [0.1, 0.15) is 0 Å². The van der Waals surface area contributed by atoms with Crippen molar-refractivity contribution in [1.82, 2.24) is 0 Å². The molecule has 0 saturated carbocycles. The van der Waals surface area contributed by atoms with Crippen molar-refractivity contribution >= 4 is 17.6 Å². The van der Waals surface area contributed by atoms with Crippen LogP contribution in [0.2, 0.25) is 0 Å². The second-order valence-corrected chi connectivity index (χ2v) is 5.45. The van der Waals surface area contributed by atoms with Gasteiger partial charge in [-0.05, 0) is 50.1 Å². The lowest BCUT2D eigenvalue weighted by atomic mass is 10.1. The summed E-state index contributed by atoms with van der Waals surface area (Å²) >= 11 is 0.